The summed E-state index contributed by atoms with van der Waals surface area (Å²) in [5, 5.41) is 20.9. The Morgan fingerprint density at radius 1 is 1.48 bits per heavy atom. The van der Waals surface area contributed by atoms with Crippen molar-refractivity contribution in [1.82, 2.24) is 0 Å². The molecule has 0 spiro atoms. The first-order chi connectivity index (χ1) is 10.8. The van der Waals surface area contributed by atoms with Crippen molar-refractivity contribution < 1.29 is 14.6 Å². The number of hydrogen-bond donors (Lipinski definition) is 2. The summed E-state index contributed by atoms with van der Waals surface area (Å²) in [5.74, 6) is -1.20. The average Bonchev–Trinajstić information content (AvgIpc) is 2.50. The van der Waals surface area contributed by atoms with Crippen molar-refractivity contribution in [2.24, 2.45) is 5.92 Å². The molecule has 2 rings (SSSR count). The highest BCUT2D eigenvalue weighted by Gasteiger charge is 2.32. The molecule has 0 saturated heterocycles. The van der Waals surface area contributed by atoms with Gasteiger partial charge in [-0.2, -0.15) is 0 Å². The van der Waals surface area contributed by atoms with Gasteiger partial charge in [-0.3, -0.25) is 0 Å². The molecular weight excluding hydrogens is 406 g/mol. The Hall–Kier alpha value is -1.04. The Labute approximate surface area is 151 Å². The van der Waals surface area contributed by atoms with E-state index >= 15 is 0 Å². The minimum Gasteiger partial charge on any atom is -0.507 e. The van der Waals surface area contributed by atoms with Crippen molar-refractivity contribution in [2.75, 3.05) is 0 Å². The second-order valence-corrected chi connectivity index (χ2v) is 7.97. The van der Waals surface area contributed by atoms with Crippen LogP contribution in [0.15, 0.2) is 29.9 Å². The van der Waals surface area contributed by atoms with Crippen LogP contribution in [0.3, 0.4) is 0 Å². The molecule has 2 N–H and O–H groups in total. The molecule has 0 bridgehead atoms. The van der Waals surface area contributed by atoms with Crippen LogP contribution in [0.25, 0.3) is 0 Å². The van der Waals surface area contributed by atoms with E-state index in [0.29, 0.717) is 5.56 Å². The molecule has 1 aliphatic rings. The van der Waals surface area contributed by atoms with Gasteiger partial charge in [0.05, 0.1) is 0 Å². The predicted octanol–water partition coefficient (Wildman–Crippen LogP) is 6.14. The maximum absolute atomic E-state index is 14.7. The summed E-state index contributed by atoms with van der Waals surface area (Å²) < 4.78 is 14.6. The van der Waals surface area contributed by atoms with E-state index in [-0.39, 0.29) is 27.1 Å². The molecule has 2 nitrogen and oxygen atoms in total. The molecule has 0 aromatic heterocycles. The van der Waals surface area contributed by atoms with Gasteiger partial charge in [-0.05, 0) is 45.1 Å². The minimum atomic E-state index is -0.615. The van der Waals surface area contributed by atoms with Crippen molar-refractivity contribution in [3.05, 3.63) is 46.8 Å². The number of rotatable bonds is 4. The first-order valence-electron chi connectivity index (χ1n) is 7.98. The van der Waals surface area contributed by atoms with Crippen molar-refractivity contribution in [2.45, 2.75) is 49.9 Å². The van der Waals surface area contributed by atoms with E-state index in [1.807, 2.05) is 26.8 Å². The molecule has 1 aromatic carbocycles. The zero-order valence-electron chi connectivity index (χ0n) is 13.9. The van der Waals surface area contributed by atoms with Gasteiger partial charge in [-0.25, -0.2) is 4.39 Å². The third-order valence-electron chi connectivity index (χ3n) is 4.69. The van der Waals surface area contributed by atoms with Crippen molar-refractivity contribution in [3.8, 4) is 11.5 Å². The van der Waals surface area contributed by atoms with Gasteiger partial charge in [0.2, 0.25) is 0 Å². The lowest BCUT2D eigenvalue weighted by Crippen LogP contribution is -2.17. The van der Waals surface area contributed by atoms with Gasteiger partial charge in [0.25, 0.3) is 0 Å². The summed E-state index contributed by atoms with van der Waals surface area (Å²) in [4.78, 5) is 0. The maximum Gasteiger partial charge on any atom is 0.169 e. The second-order valence-electron chi connectivity index (χ2n) is 6.47. The normalized spacial score (nSPS) is 22.6. The maximum atomic E-state index is 14.7. The van der Waals surface area contributed by atoms with Crippen molar-refractivity contribution in [1.29, 1.82) is 0 Å². The SMILES string of the molecule is C=C(C)[C@@H]1CCC(C)=C[C@H]1c1c(O)cc(C(I)CC)c(F)c1O. The molecule has 0 saturated carbocycles. The standard InChI is InChI=1S/C19H24FIO2/c1-5-15(21)14-9-16(22)17(19(23)18(14)20)13-8-11(4)6-7-12(13)10(2)3/h8-9,12-13,15,22-23H,2,5-7H2,1,3-4H3/t12-,13+,15?/m0/s1. The zero-order valence-corrected chi connectivity index (χ0v) is 16.0. The Balaban J connectivity index is 2.60. The van der Waals surface area contributed by atoms with Crippen LogP contribution < -0.4 is 0 Å². The summed E-state index contributed by atoms with van der Waals surface area (Å²) in [6, 6.07) is 1.47. The first kappa shape index (κ1) is 18.3. The Morgan fingerprint density at radius 3 is 2.70 bits per heavy atom. The number of alkyl halides is 1. The number of benzene rings is 1. The highest BCUT2D eigenvalue weighted by Crippen LogP contribution is 2.48. The summed E-state index contributed by atoms with van der Waals surface area (Å²) in [5.41, 5.74) is 2.83. The summed E-state index contributed by atoms with van der Waals surface area (Å²) in [6.07, 6.45) is 4.61. The van der Waals surface area contributed by atoms with Gasteiger partial charge < -0.3 is 10.2 Å². The molecule has 0 fully saturated rings. The van der Waals surface area contributed by atoms with E-state index < -0.39 is 11.6 Å². The van der Waals surface area contributed by atoms with Crippen molar-refractivity contribution >= 4 is 22.6 Å². The van der Waals surface area contributed by atoms with Crippen LogP contribution in [-0.4, -0.2) is 10.2 Å². The smallest absolute Gasteiger partial charge is 0.169 e. The van der Waals surface area contributed by atoms with Crippen LogP contribution in [0.1, 0.15) is 61.0 Å². The monoisotopic (exact) mass is 430 g/mol. The number of phenolic OH excluding ortho intramolecular Hbond substituents is 2. The van der Waals surface area contributed by atoms with Crippen LogP contribution in [0.5, 0.6) is 11.5 Å². The van der Waals surface area contributed by atoms with E-state index in [1.165, 1.54) is 11.6 Å². The molecule has 1 unspecified atom stereocenters. The fraction of sp³-hybridized carbons (Fsp3) is 0.474. The number of phenols is 2. The fourth-order valence-electron chi connectivity index (χ4n) is 3.35. The minimum absolute atomic E-state index is 0.0313. The summed E-state index contributed by atoms with van der Waals surface area (Å²) >= 11 is 2.13. The molecule has 3 atom stereocenters. The van der Waals surface area contributed by atoms with Crippen LogP contribution >= 0.6 is 22.6 Å². The first-order valence-corrected chi connectivity index (χ1v) is 9.23. The van der Waals surface area contributed by atoms with Gasteiger partial charge in [0.1, 0.15) is 5.75 Å². The lowest BCUT2D eigenvalue weighted by atomic mass is 9.73. The van der Waals surface area contributed by atoms with Crippen molar-refractivity contribution in [3.63, 3.8) is 0 Å². The average molecular weight is 430 g/mol. The van der Waals surface area contributed by atoms with Gasteiger partial charge in [-0.1, -0.05) is 53.3 Å². The molecule has 0 amide bonds. The number of hydrogen-bond acceptors (Lipinski definition) is 2. The Morgan fingerprint density at radius 2 is 2.13 bits per heavy atom. The molecule has 0 radical (unpaired) electrons. The predicted molar refractivity (Wildman–Crippen MR) is 101 cm³/mol. The van der Waals surface area contributed by atoms with E-state index in [4.69, 9.17) is 0 Å². The molecule has 4 heteroatoms. The molecule has 1 aromatic rings. The van der Waals surface area contributed by atoms with Crippen LogP contribution in [0.4, 0.5) is 4.39 Å². The molecule has 23 heavy (non-hydrogen) atoms. The quantitative estimate of drug-likeness (QED) is 0.342. The molecule has 1 aliphatic carbocycles. The van der Waals surface area contributed by atoms with E-state index in [1.54, 1.807) is 0 Å². The zero-order chi connectivity index (χ0) is 17.3. The summed E-state index contributed by atoms with van der Waals surface area (Å²) in [6.45, 7) is 9.95. The molecule has 0 heterocycles. The van der Waals surface area contributed by atoms with Gasteiger partial charge >= 0.3 is 0 Å². The summed E-state index contributed by atoms with van der Waals surface area (Å²) in [7, 11) is 0. The lowest BCUT2D eigenvalue weighted by molar-refractivity contribution is 0.383. The van der Waals surface area contributed by atoms with Crippen LogP contribution in [0.2, 0.25) is 0 Å². The van der Waals surface area contributed by atoms with Gasteiger partial charge in [0, 0.05) is 21.0 Å². The van der Waals surface area contributed by atoms with Gasteiger partial charge in [-0.15, -0.1) is 0 Å². The number of allylic oxidation sites excluding steroid dienone is 3. The molecule has 126 valence electrons. The second kappa shape index (κ2) is 7.24. The van der Waals surface area contributed by atoms with E-state index in [9.17, 15) is 14.6 Å². The van der Waals surface area contributed by atoms with E-state index in [2.05, 4.69) is 29.2 Å². The van der Waals surface area contributed by atoms with Gasteiger partial charge in [0.15, 0.2) is 11.6 Å². The Kier molecular flexibility index (Phi) is 5.76. The Bertz CT molecular complexity index is 651. The number of aromatic hydroxyl groups is 2. The fourth-order valence-corrected chi connectivity index (χ4v) is 3.80. The largest absolute Gasteiger partial charge is 0.507 e. The van der Waals surface area contributed by atoms with Crippen LogP contribution in [0, 0.1) is 11.7 Å². The molecular formula is C19H24FIO2. The third kappa shape index (κ3) is 3.57. The third-order valence-corrected chi connectivity index (χ3v) is 6.25. The topological polar surface area (TPSA) is 40.5 Å². The van der Waals surface area contributed by atoms with Crippen LogP contribution in [-0.2, 0) is 0 Å². The molecule has 0 aliphatic heterocycles. The highest BCUT2D eigenvalue weighted by molar-refractivity contribution is 14.1. The van der Waals surface area contributed by atoms with E-state index in [0.717, 1.165) is 24.8 Å². The lowest BCUT2D eigenvalue weighted by Gasteiger charge is -2.31. The highest BCUT2D eigenvalue weighted by atomic mass is 127. The number of halogens is 2.